The SMILES string of the molecule is CC1(C)CCC[C@]2(C)[C@@H]1CCC1(CO1)[C@H]2C/C=C(/C=O)CC=O. The predicted octanol–water partition coefficient (Wildman–Crippen LogP) is 4.10. The topological polar surface area (TPSA) is 46.7 Å². The van der Waals surface area contributed by atoms with Gasteiger partial charge in [0.05, 0.1) is 12.2 Å². The Morgan fingerprint density at radius 2 is 1.91 bits per heavy atom. The lowest BCUT2D eigenvalue weighted by molar-refractivity contribution is -0.109. The number of carbonyl (C=O) groups is 2. The molecule has 0 aromatic rings. The summed E-state index contributed by atoms with van der Waals surface area (Å²) >= 11 is 0. The van der Waals surface area contributed by atoms with Crippen molar-refractivity contribution in [2.24, 2.45) is 22.7 Å². The Morgan fingerprint density at radius 1 is 1.17 bits per heavy atom. The number of ether oxygens (including phenoxy) is 1. The Labute approximate surface area is 139 Å². The van der Waals surface area contributed by atoms with Crippen LogP contribution in [0.2, 0.25) is 0 Å². The molecule has 1 spiro atoms. The number of epoxide rings is 1. The smallest absolute Gasteiger partial charge is 0.146 e. The minimum atomic E-state index is 0.0460. The van der Waals surface area contributed by atoms with Gasteiger partial charge < -0.3 is 9.53 Å². The molecule has 0 amide bonds. The van der Waals surface area contributed by atoms with Gasteiger partial charge in [-0.3, -0.25) is 4.79 Å². The normalized spacial score (nSPS) is 42.1. The molecule has 2 aliphatic carbocycles. The summed E-state index contributed by atoms with van der Waals surface area (Å²) in [6.45, 7) is 8.19. The Kier molecular flexibility index (Phi) is 4.29. The maximum atomic E-state index is 11.2. The van der Waals surface area contributed by atoms with E-state index in [2.05, 4.69) is 20.8 Å². The molecule has 3 aliphatic rings. The maximum absolute atomic E-state index is 11.2. The largest absolute Gasteiger partial charge is 0.369 e. The zero-order valence-corrected chi connectivity index (χ0v) is 14.8. The van der Waals surface area contributed by atoms with Gasteiger partial charge in [-0.15, -0.1) is 0 Å². The molecule has 3 fully saturated rings. The van der Waals surface area contributed by atoms with Gasteiger partial charge in [0.2, 0.25) is 0 Å². The average molecular weight is 318 g/mol. The average Bonchev–Trinajstić information content (AvgIpc) is 3.24. The molecule has 1 unspecified atom stereocenters. The van der Waals surface area contributed by atoms with Gasteiger partial charge in [0.1, 0.15) is 12.6 Å². The molecule has 1 aliphatic heterocycles. The molecular formula is C20H30O3. The Balaban J connectivity index is 1.88. The van der Waals surface area contributed by atoms with Gasteiger partial charge in [-0.25, -0.2) is 0 Å². The number of fused-ring (bicyclic) bond motifs is 1. The first-order chi connectivity index (χ1) is 10.9. The number of hydrogen-bond acceptors (Lipinski definition) is 3. The summed E-state index contributed by atoms with van der Waals surface area (Å²) in [5, 5.41) is 0. The maximum Gasteiger partial charge on any atom is 0.146 e. The highest BCUT2D eigenvalue weighted by atomic mass is 16.6. The Morgan fingerprint density at radius 3 is 2.52 bits per heavy atom. The Bertz CT molecular complexity index is 515. The van der Waals surface area contributed by atoms with Crippen LogP contribution < -0.4 is 0 Å². The van der Waals surface area contributed by atoms with E-state index >= 15 is 0 Å². The van der Waals surface area contributed by atoms with Crippen molar-refractivity contribution in [3.8, 4) is 0 Å². The van der Waals surface area contributed by atoms with Crippen molar-refractivity contribution in [3.05, 3.63) is 11.6 Å². The third-order valence-corrected chi connectivity index (χ3v) is 7.16. The van der Waals surface area contributed by atoms with Crippen LogP contribution in [0.25, 0.3) is 0 Å². The second-order valence-electron chi connectivity index (χ2n) is 8.85. The lowest BCUT2D eigenvalue weighted by Crippen LogP contribution is -2.54. The van der Waals surface area contributed by atoms with Gasteiger partial charge in [-0.2, -0.15) is 0 Å². The van der Waals surface area contributed by atoms with Gasteiger partial charge in [0.15, 0.2) is 0 Å². The second kappa shape index (κ2) is 5.84. The summed E-state index contributed by atoms with van der Waals surface area (Å²) in [5.41, 5.74) is 1.34. The summed E-state index contributed by atoms with van der Waals surface area (Å²) < 4.78 is 5.97. The van der Waals surface area contributed by atoms with Crippen molar-refractivity contribution in [2.45, 2.75) is 71.3 Å². The molecule has 1 heterocycles. The molecule has 0 radical (unpaired) electrons. The van der Waals surface area contributed by atoms with Crippen LogP contribution in [0.15, 0.2) is 11.6 Å². The third-order valence-electron chi connectivity index (χ3n) is 7.16. The molecule has 2 saturated carbocycles. The molecular weight excluding hydrogens is 288 g/mol. The molecule has 0 aromatic heterocycles. The van der Waals surface area contributed by atoms with E-state index in [4.69, 9.17) is 4.74 Å². The molecule has 0 aromatic carbocycles. The number of carbonyl (C=O) groups excluding carboxylic acids is 2. The molecule has 3 rings (SSSR count). The van der Waals surface area contributed by atoms with Crippen molar-refractivity contribution >= 4 is 12.6 Å². The summed E-state index contributed by atoms with van der Waals surface area (Å²) in [6, 6.07) is 0. The fraction of sp³-hybridized carbons (Fsp3) is 0.800. The first kappa shape index (κ1) is 16.9. The van der Waals surface area contributed by atoms with Gasteiger partial charge in [0, 0.05) is 6.42 Å². The first-order valence-electron chi connectivity index (χ1n) is 9.10. The van der Waals surface area contributed by atoms with E-state index in [0.717, 1.165) is 37.9 Å². The van der Waals surface area contributed by atoms with Crippen LogP contribution in [0.4, 0.5) is 0 Å². The molecule has 23 heavy (non-hydrogen) atoms. The summed E-state index contributed by atoms with van der Waals surface area (Å²) in [7, 11) is 0. The van der Waals surface area contributed by atoms with Crippen molar-refractivity contribution in [1.29, 1.82) is 0 Å². The quantitative estimate of drug-likeness (QED) is 0.435. The fourth-order valence-electron chi connectivity index (χ4n) is 5.93. The van der Waals surface area contributed by atoms with E-state index in [-0.39, 0.29) is 17.4 Å². The van der Waals surface area contributed by atoms with Crippen LogP contribution in [0.1, 0.15) is 65.7 Å². The van der Waals surface area contributed by atoms with E-state index in [1.165, 1.54) is 25.7 Å². The summed E-state index contributed by atoms with van der Waals surface area (Å²) in [5.74, 6) is 1.19. The highest BCUT2D eigenvalue weighted by molar-refractivity contribution is 5.78. The zero-order valence-electron chi connectivity index (χ0n) is 14.8. The summed E-state index contributed by atoms with van der Waals surface area (Å²) in [6.07, 6.45) is 11.0. The lowest BCUT2D eigenvalue weighted by Gasteiger charge is -2.59. The van der Waals surface area contributed by atoms with Gasteiger partial charge >= 0.3 is 0 Å². The molecule has 1 saturated heterocycles. The Hall–Kier alpha value is -0.960. The van der Waals surface area contributed by atoms with Crippen LogP contribution >= 0.6 is 0 Å². The van der Waals surface area contributed by atoms with Crippen molar-refractivity contribution in [1.82, 2.24) is 0 Å². The van der Waals surface area contributed by atoms with E-state index < -0.39 is 0 Å². The van der Waals surface area contributed by atoms with E-state index in [1.807, 2.05) is 6.08 Å². The number of hydrogen-bond donors (Lipinski definition) is 0. The van der Waals surface area contributed by atoms with Crippen molar-refractivity contribution < 1.29 is 14.3 Å². The predicted molar refractivity (Wildman–Crippen MR) is 90.1 cm³/mol. The van der Waals surface area contributed by atoms with Crippen LogP contribution in [0.5, 0.6) is 0 Å². The van der Waals surface area contributed by atoms with E-state index in [9.17, 15) is 9.59 Å². The molecule has 128 valence electrons. The second-order valence-corrected chi connectivity index (χ2v) is 8.85. The fourth-order valence-corrected chi connectivity index (χ4v) is 5.93. The molecule has 3 nitrogen and oxygen atoms in total. The van der Waals surface area contributed by atoms with Crippen LogP contribution in [0.3, 0.4) is 0 Å². The molecule has 4 atom stereocenters. The number of aldehydes is 2. The van der Waals surface area contributed by atoms with Gasteiger partial charge in [0.25, 0.3) is 0 Å². The molecule has 0 bridgehead atoms. The van der Waals surface area contributed by atoms with Gasteiger partial charge in [-0.1, -0.05) is 33.3 Å². The van der Waals surface area contributed by atoms with E-state index in [1.54, 1.807) is 0 Å². The van der Waals surface area contributed by atoms with Crippen LogP contribution in [0, 0.1) is 22.7 Å². The minimum Gasteiger partial charge on any atom is -0.369 e. The zero-order chi connectivity index (χ0) is 16.7. The number of allylic oxidation sites excluding steroid dienone is 2. The van der Waals surface area contributed by atoms with Gasteiger partial charge in [-0.05, 0) is 60.3 Å². The minimum absolute atomic E-state index is 0.0460. The van der Waals surface area contributed by atoms with E-state index in [0.29, 0.717) is 16.9 Å². The molecule has 3 heteroatoms. The van der Waals surface area contributed by atoms with Crippen molar-refractivity contribution in [2.75, 3.05) is 6.61 Å². The monoisotopic (exact) mass is 318 g/mol. The third kappa shape index (κ3) is 2.82. The highest BCUT2D eigenvalue weighted by Crippen LogP contribution is 2.66. The summed E-state index contributed by atoms with van der Waals surface area (Å²) in [4.78, 5) is 21.9. The lowest BCUT2D eigenvalue weighted by atomic mass is 9.46. The number of rotatable bonds is 5. The van der Waals surface area contributed by atoms with Crippen LogP contribution in [-0.4, -0.2) is 24.8 Å². The van der Waals surface area contributed by atoms with Crippen LogP contribution in [-0.2, 0) is 14.3 Å². The molecule has 0 N–H and O–H groups in total. The standard InChI is InChI=1S/C20H30O3/c1-18(2)9-4-10-19(3)16(18)7-11-20(14-23-20)17(19)6-5-15(13-22)8-12-21/h5,12-13,16-17H,4,6-11,14H2,1-3H3/b15-5+/t16-,17+,19-,20?/m1/s1. The highest BCUT2D eigenvalue weighted by Gasteiger charge is 2.64. The van der Waals surface area contributed by atoms with Crippen molar-refractivity contribution in [3.63, 3.8) is 0 Å². The first-order valence-corrected chi connectivity index (χ1v) is 9.10.